The molecule has 2 aromatic carbocycles. The standard InChI is InChI=1S/C21H20FN3O2/c22-17-4-2-15(3-5-17)21(26)24-7-8-25-11-16-13-27-20-6-1-14(10-23)9-18(20)19(16)12-25/h1-6,9,16,19H,7-8,11-13H2,(H,24,26)/t16-,19+/m0/s1. The number of benzene rings is 2. The summed E-state index contributed by atoms with van der Waals surface area (Å²) in [5, 5.41) is 12.0. The Morgan fingerprint density at radius 3 is 2.85 bits per heavy atom. The molecule has 5 nitrogen and oxygen atoms in total. The largest absolute Gasteiger partial charge is 0.493 e. The van der Waals surface area contributed by atoms with Gasteiger partial charge in [0.25, 0.3) is 5.91 Å². The fourth-order valence-electron chi connectivity index (χ4n) is 3.93. The Kier molecular flexibility index (Phi) is 4.78. The van der Waals surface area contributed by atoms with Gasteiger partial charge in [0.1, 0.15) is 11.6 Å². The first kappa shape index (κ1) is 17.5. The van der Waals surface area contributed by atoms with Crippen molar-refractivity contribution in [1.82, 2.24) is 10.2 Å². The molecule has 1 saturated heterocycles. The van der Waals surface area contributed by atoms with Crippen LogP contribution in [0.4, 0.5) is 4.39 Å². The number of hydrogen-bond acceptors (Lipinski definition) is 4. The highest BCUT2D eigenvalue weighted by atomic mass is 19.1. The first-order valence-electron chi connectivity index (χ1n) is 9.07. The second-order valence-electron chi connectivity index (χ2n) is 7.06. The highest BCUT2D eigenvalue weighted by Crippen LogP contribution is 2.41. The van der Waals surface area contributed by atoms with Gasteiger partial charge in [-0.05, 0) is 42.5 Å². The number of nitrogens with zero attached hydrogens (tertiary/aromatic N) is 2. The van der Waals surface area contributed by atoms with E-state index in [0.29, 0.717) is 36.1 Å². The Hall–Kier alpha value is -2.91. The number of ether oxygens (including phenoxy) is 1. The summed E-state index contributed by atoms with van der Waals surface area (Å²) in [6.45, 7) is 3.76. The van der Waals surface area contributed by atoms with Gasteiger partial charge in [-0.3, -0.25) is 4.79 Å². The molecule has 2 heterocycles. The van der Waals surface area contributed by atoms with E-state index in [9.17, 15) is 9.18 Å². The summed E-state index contributed by atoms with van der Waals surface area (Å²) in [7, 11) is 0. The van der Waals surface area contributed by atoms with Gasteiger partial charge in [0.05, 0.1) is 18.2 Å². The van der Waals surface area contributed by atoms with Crippen molar-refractivity contribution in [1.29, 1.82) is 5.26 Å². The highest BCUT2D eigenvalue weighted by molar-refractivity contribution is 5.94. The van der Waals surface area contributed by atoms with Crippen LogP contribution in [0, 0.1) is 23.1 Å². The van der Waals surface area contributed by atoms with Crippen LogP contribution in [0.2, 0.25) is 0 Å². The van der Waals surface area contributed by atoms with Gasteiger partial charge in [-0.2, -0.15) is 5.26 Å². The molecule has 0 unspecified atom stereocenters. The van der Waals surface area contributed by atoms with Gasteiger partial charge >= 0.3 is 0 Å². The zero-order valence-corrected chi connectivity index (χ0v) is 14.8. The molecule has 1 amide bonds. The Bertz CT molecular complexity index is 891. The van der Waals surface area contributed by atoms with Gasteiger partial charge < -0.3 is 15.0 Å². The van der Waals surface area contributed by atoms with Crippen LogP contribution < -0.4 is 10.1 Å². The van der Waals surface area contributed by atoms with Crippen molar-refractivity contribution in [2.45, 2.75) is 5.92 Å². The molecule has 0 radical (unpaired) electrons. The molecular formula is C21H20FN3O2. The van der Waals surface area contributed by atoms with Crippen LogP contribution in [0.5, 0.6) is 5.75 Å². The molecule has 0 spiro atoms. The number of hydrogen-bond donors (Lipinski definition) is 1. The second-order valence-corrected chi connectivity index (χ2v) is 7.06. The fourth-order valence-corrected chi connectivity index (χ4v) is 3.93. The molecule has 0 aromatic heterocycles. The maximum atomic E-state index is 12.9. The molecule has 0 aliphatic carbocycles. The maximum Gasteiger partial charge on any atom is 0.251 e. The number of likely N-dealkylation sites (tertiary alicyclic amines) is 1. The van der Waals surface area contributed by atoms with E-state index in [2.05, 4.69) is 16.3 Å². The summed E-state index contributed by atoms with van der Waals surface area (Å²) in [6, 6.07) is 13.3. The predicted octanol–water partition coefficient (Wildman–Crippen LogP) is 2.54. The Morgan fingerprint density at radius 2 is 2.07 bits per heavy atom. The topological polar surface area (TPSA) is 65.4 Å². The lowest BCUT2D eigenvalue weighted by atomic mass is 9.86. The van der Waals surface area contributed by atoms with Crippen LogP contribution >= 0.6 is 0 Å². The molecule has 2 aromatic rings. The third-order valence-electron chi connectivity index (χ3n) is 5.33. The molecule has 0 bridgehead atoms. The van der Waals surface area contributed by atoms with Crippen molar-refractivity contribution in [3.63, 3.8) is 0 Å². The second kappa shape index (κ2) is 7.37. The van der Waals surface area contributed by atoms with Gasteiger partial charge in [0.15, 0.2) is 0 Å². The lowest BCUT2D eigenvalue weighted by molar-refractivity contribution is 0.0949. The van der Waals surface area contributed by atoms with Crippen molar-refractivity contribution in [3.05, 3.63) is 65.0 Å². The number of nitriles is 1. The number of halogens is 1. The highest BCUT2D eigenvalue weighted by Gasteiger charge is 2.38. The molecule has 6 heteroatoms. The molecule has 2 aliphatic heterocycles. The molecule has 1 fully saturated rings. The van der Waals surface area contributed by atoms with E-state index in [1.54, 1.807) is 6.07 Å². The summed E-state index contributed by atoms with van der Waals surface area (Å²) in [5.41, 5.74) is 2.23. The van der Waals surface area contributed by atoms with Crippen LogP contribution in [0.25, 0.3) is 0 Å². The van der Waals surface area contributed by atoms with Gasteiger partial charge in [-0.15, -0.1) is 0 Å². The minimum Gasteiger partial charge on any atom is -0.493 e. The van der Waals surface area contributed by atoms with E-state index in [1.807, 2.05) is 12.1 Å². The van der Waals surface area contributed by atoms with Crippen LogP contribution in [0.15, 0.2) is 42.5 Å². The van der Waals surface area contributed by atoms with Crippen LogP contribution in [0.3, 0.4) is 0 Å². The molecule has 2 atom stereocenters. The molecule has 138 valence electrons. The van der Waals surface area contributed by atoms with Crippen LogP contribution in [-0.4, -0.2) is 43.6 Å². The zero-order chi connectivity index (χ0) is 18.8. The van der Waals surface area contributed by atoms with Crippen molar-refractivity contribution >= 4 is 5.91 Å². The van der Waals surface area contributed by atoms with Crippen LogP contribution in [-0.2, 0) is 0 Å². The SMILES string of the molecule is N#Cc1ccc2c(c1)[C@@H]1CN(CCNC(=O)c3ccc(F)cc3)C[C@H]1CO2. The first-order chi connectivity index (χ1) is 13.1. The van der Waals surface area contributed by atoms with E-state index in [-0.39, 0.29) is 11.7 Å². The average Bonchev–Trinajstić information content (AvgIpc) is 3.11. The monoisotopic (exact) mass is 365 g/mol. The van der Waals surface area contributed by atoms with Crippen LogP contribution in [0.1, 0.15) is 27.4 Å². The lowest BCUT2D eigenvalue weighted by Gasteiger charge is -2.27. The molecule has 27 heavy (non-hydrogen) atoms. The van der Waals surface area contributed by atoms with Crippen molar-refractivity contribution in [2.75, 3.05) is 32.8 Å². The quantitative estimate of drug-likeness (QED) is 0.904. The fraction of sp³-hybridized carbons (Fsp3) is 0.333. The lowest BCUT2D eigenvalue weighted by Crippen LogP contribution is -2.34. The number of carbonyl (C=O) groups is 1. The number of rotatable bonds is 4. The number of fused-ring (bicyclic) bond motifs is 3. The van der Waals surface area contributed by atoms with E-state index < -0.39 is 0 Å². The summed E-state index contributed by atoms with van der Waals surface area (Å²) >= 11 is 0. The van der Waals surface area contributed by atoms with Gasteiger partial charge in [0, 0.05) is 49.1 Å². The minimum atomic E-state index is -0.353. The van der Waals surface area contributed by atoms with Crippen molar-refractivity contribution < 1.29 is 13.9 Å². The van der Waals surface area contributed by atoms with E-state index in [1.165, 1.54) is 24.3 Å². The van der Waals surface area contributed by atoms with E-state index in [4.69, 9.17) is 10.00 Å². The third-order valence-corrected chi connectivity index (χ3v) is 5.33. The summed E-state index contributed by atoms with van der Waals surface area (Å²) in [6.07, 6.45) is 0. The number of nitrogens with one attached hydrogen (secondary N) is 1. The van der Waals surface area contributed by atoms with Gasteiger partial charge in [-0.25, -0.2) is 4.39 Å². The van der Waals surface area contributed by atoms with Crippen molar-refractivity contribution in [2.24, 2.45) is 5.92 Å². The smallest absolute Gasteiger partial charge is 0.251 e. The third kappa shape index (κ3) is 3.64. The summed E-state index contributed by atoms with van der Waals surface area (Å²) in [4.78, 5) is 14.4. The normalized spacial score (nSPS) is 20.9. The summed E-state index contributed by atoms with van der Waals surface area (Å²) < 4.78 is 18.8. The van der Waals surface area contributed by atoms with Gasteiger partial charge in [-0.1, -0.05) is 0 Å². The van der Waals surface area contributed by atoms with Crippen molar-refractivity contribution in [3.8, 4) is 11.8 Å². The summed E-state index contributed by atoms with van der Waals surface area (Å²) in [5.74, 6) is 1.09. The Balaban J connectivity index is 1.34. The molecule has 1 N–H and O–H groups in total. The van der Waals surface area contributed by atoms with Gasteiger partial charge in [0.2, 0.25) is 0 Å². The average molecular weight is 365 g/mol. The van der Waals surface area contributed by atoms with E-state index >= 15 is 0 Å². The maximum absolute atomic E-state index is 12.9. The molecule has 0 saturated carbocycles. The number of carbonyl (C=O) groups excluding carboxylic acids is 1. The Labute approximate surface area is 157 Å². The Morgan fingerprint density at radius 1 is 1.26 bits per heavy atom. The minimum absolute atomic E-state index is 0.195. The number of amides is 1. The zero-order valence-electron chi connectivity index (χ0n) is 14.8. The van der Waals surface area contributed by atoms with E-state index in [0.717, 1.165) is 30.9 Å². The predicted molar refractivity (Wildman–Crippen MR) is 98.1 cm³/mol. The molecule has 4 rings (SSSR count). The first-order valence-corrected chi connectivity index (χ1v) is 9.07. The molecular weight excluding hydrogens is 345 g/mol. The molecule has 2 aliphatic rings.